The lowest BCUT2D eigenvalue weighted by atomic mass is 10.00. The molecule has 0 amide bonds. The highest BCUT2D eigenvalue weighted by Crippen LogP contribution is 2.18. The number of nitrogens with zero attached hydrogens (tertiary/aromatic N) is 3. The Morgan fingerprint density at radius 1 is 1.47 bits per heavy atom. The predicted octanol–water partition coefficient (Wildman–Crippen LogP) is 0.625. The highest BCUT2D eigenvalue weighted by Gasteiger charge is 2.16. The summed E-state index contributed by atoms with van der Waals surface area (Å²) in [5.74, 6) is 7.41. The summed E-state index contributed by atoms with van der Waals surface area (Å²) in [6, 6.07) is 0. The molecule has 0 radical (unpaired) electrons. The van der Waals surface area contributed by atoms with Gasteiger partial charge in [-0.05, 0) is 18.8 Å². The first kappa shape index (κ1) is 12.1. The maximum Gasteiger partial charge on any atom is 0.160 e. The molecule has 1 aliphatic rings. The summed E-state index contributed by atoms with van der Waals surface area (Å²) in [6.07, 6.45) is 5.59. The highest BCUT2D eigenvalue weighted by atomic mass is 16.5. The van der Waals surface area contributed by atoms with Gasteiger partial charge in [0, 0.05) is 26.8 Å². The van der Waals surface area contributed by atoms with Crippen molar-refractivity contribution >= 4 is 11.6 Å². The van der Waals surface area contributed by atoms with Crippen LogP contribution in [0.3, 0.4) is 0 Å². The molecule has 2 heterocycles. The molecule has 6 heteroatoms. The third kappa shape index (κ3) is 3.28. The third-order valence-electron chi connectivity index (χ3n) is 3.03. The first-order valence-electron chi connectivity index (χ1n) is 5.87. The van der Waals surface area contributed by atoms with Crippen molar-refractivity contribution < 1.29 is 4.74 Å². The molecule has 1 aromatic rings. The lowest BCUT2D eigenvalue weighted by Gasteiger charge is -2.27. The van der Waals surface area contributed by atoms with Gasteiger partial charge in [-0.3, -0.25) is 4.98 Å². The number of hydrazine groups is 1. The van der Waals surface area contributed by atoms with Crippen LogP contribution in [-0.2, 0) is 4.74 Å². The zero-order valence-electron chi connectivity index (χ0n) is 10.1. The molecular formula is C11H19N5O. The molecule has 0 spiro atoms. The Bertz CT molecular complexity index is 353. The monoisotopic (exact) mass is 237 g/mol. The summed E-state index contributed by atoms with van der Waals surface area (Å²) in [5.41, 5.74) is 2.51. The van der Waals surface area contributed by atoms with Crippen molar-refractivity contribution in [3.8, 4) is 0 Å². The topological polar surface area (TPSA) is 76.3 Å². The smallest absolute Gasteiger partial charge is 0.160 e. The van der Waals surface area contributed by atoms with Crippen molar-refractivity contribution in [3.63, 3.8) is 0 Å². The number of nitrogens with one attached hydrogen (secondary N) is 1. The number of rotatable bonds is 4. The van der Waals surface area contributed by atoms with Crippen LogP contribution in [0.25, 0.3) is 0 Å². The summed E-state index contributed by atoms with van der Waals surface area (Å²) >= 11 is 0. The summed E-state index contributed by atoms with van der Waals surface area (Å²) in [7, 11) is 2.03. The average molecular weight is 237 g/mol. The van der Waals surface area contributed by atoms with Gasteiger partial charge in [-0.15, -0.1) is 0 Å². The quantitative estimate of drug-likeness (QED) is 0.590. The van der Waals surface area contributed by atoms with E-state index >= 15 is 0 Å². The van der Waals surface area contributed by atoms with Crippen LogP contribution in [0.4, 0.5) is 11.6 Å². The number of nitrogen functional groups attached to an aromatic ring is 1. The molecule has 1 aromatic heterocycles. The Balaban J connectivity index is 1.95. The number of ether oxygens (including phenoxy) is 1. The Labute approximate surface area is 101 Å². The first-order chi connectivity index (χ1) is 8.29. The minimum Gasteiger partial charge on any atom is -0.381 e. The van der Waals surface area contributed by atoms with Crippen molar-refractivity contribution in [2.24, 2.45) is 11.8 Å². The summed E-state index contributed by atoms with van der Waals surface area (Å²) < 4.78 is 5.35. The normalized spacial score (nSPS) is 16.8. The molecule has 0 aliphatic carbocycles. The van der Waals surface area contributed by atoms with Gasteiger partial charge in [-0.25, -0.2) is 10.8 Å². The van der Waals surface area contributed by atoms with Crippen LogP contribution in [0.2, 0.25) is 0 Å². The van der Waals surface area contributed by atoms with Gasteiger partial charge in [0.05, 0.1) is 12.4 Å². The zero-order chi connectivity index (χ0) is 12.1. The fourth-order valence-corrected chi connectivity index (χ4v) is 2.02. The van der Waals surface area contributed by atoms with Crippen LogP contribution in [-0.4, -0.2) is 36.8 Å². The largest absolute Gasteiger partial charge is 0.381 e. The third-order valence-corrected chi connectivity index (χ3v) is 3.03. The van der Waals surface area contributed by atoms with Crippen LogP contribution in [0.15, 0.2) is 12.4 Å². The lowest BCUT2D eigenvalue weighted by Crippen LogP contribution is -2.30. The van der Waals surface area contributed by atoms with Gasteiger partial charge in [-0.2, -0.15) is 0 Å². The molecule has 2 rings (SSSR count). The molecule has 17 heavy (non-hydrogen) atoms. The Hall–Kier alpha value is -1.40. The Morgan fingerprint density at radius 2 is 2.24 bits per heavy atom. The second kappa shape index (κ2) is 5.79. The molecule has 3 N–H and O–H groups in total. The maximum atomic E-state index is 5.35. The molecule has 0 atom stereocenters. The number of hydrogen-bond donors (Lipinski definition) is 2. The van der Waals surface area contributed by atoms with E-state index in [0.717, 1.165) is 38.4 Å². The molecule has 1 aliphatic heterocycles. The zero-order valence-corrected chi connectivity index (χ0v) is 10.1. The molecule has 0 bridgehead atoms. The van der Waals surface area contributed by atoms with E-state index in [9.17, 15) is 0 Å². The molecule has 94 valence electrons. The van der Waals surface area contributed by atoms with E-state index in [4.69, 9.17) is 10.6 Å². The SMILES string of the molecule is CN(CC1CCOCC1)c1cncc(NN)n1. The van der Waals surface area contributed by atoms with Crippen LogP contribution < -0.4 is 16.2 Å². The van der Waals surface area contributed by atoms with E-state index < -0.39 is 0 Å². The van der Waals surface area contributed by atoms with Gasteiger partial charge in [0.1, 0.15) is 5.82 Å². The Kier molecular flexibility index (Phi) is 4.11. The van der Waals surface area contributed by atoms with Gasteiger partial charge in [0.15, 0.2) is 5.82 Å². The summed E-state index contributed by atoms with van der Waals surface area (Å²) in [6.45, 7) is 2.72. The van der Waals surface area contributed by atoms with Gasteiger partial charge in [0.2, 0.25) is 0 Å². The number of aromatic nitrogens is 2. The van der Waals surface area contributed by atoms with Gasteiger partial charge >= 0.3 is 0 Å². The van der Waals surface area contributed by atoms with Crippen molar-refractivity contribution in [3.05, 3.63) is 12.4 Å². The van der Waals surface area contributed by atoms with Crippen LogP contribution in [0.5, 0.6) is 0 Å². The van der Waals surface area contributed by atoms with Gasteiger partial charge in [-0.1, -0.05) is 0 Å². The van der Waals surface area contributed by atoms with Gasteiger partial charge in [0.25, 0.3) is 0 Å². The number of hydrogen-bond acceptors (Lipinski definition) is 6. The van der Waals surface area contributed by atoms with E-state index in [1.165, 1.54) is 0 Å². The molecule has 1 fully saturated rings. The van der Waals surface area contributed by atoms with Crippen molar-refractivity contribution in [1.82, 2.24) is 9.97 Å². The van der Waals surface area contributed by atoms with E-state index in [0.29, 0.717) is 11.7 Å². The van der Waals surface area contributed by atoms with E-state index in [1.54, 1.807) is 12.4 Å². The minimum atomic E-state index is 0.585. The first-order valence-corrected chi connectivity index (χ1v) is 5.87. The van der Waals surface area contributed by atoms with Crippen molar-refractivity contribution in [1.29, 1.82) is 0 Å². The molecule has 0 unspecified atom stereocenters. The van der Waals surface area contributed by atoms with Crippen LogP contribution >= 0.6 is 0 Å². The fourth-order valence-electron chi connectivity index (χ4n) is 2.02. The van der Waals surface area contributed by atoms with Gasteiger partial charge < -0.3 is 15.1 Å². The maximum absolute atomic E-state index is 5.35. The predicted molar refractivity (Wildman–Crippen MR) is 66.7 cm³/mol. The summed E-state index contributed by atoms with van der Waals surface area (Å²) in [5, 5.41) is 0. The molecular weight excluding hydrogens is 218 g/mol. The number of nitrogens with two attached hydrogens (primary N) is 1. The van der Waals surface area contributed by atoms with E-state index in [-0.39, 0.29) is 0 Å². The molecule has 0 aromatic carbocycles. The summed E-state index contributed by atoms with van der Waals surface area (Å²) in [4.78, 5) is 10.6. The average Bonchev–Trinajstić information content (AvgIpc) is 2.40. The standard InChI is InChI=1S/C11H19N5O/c1-16(8-9-2-4-17-5-3-9)11-7-13-6-10(14-11)15-12/h6-7,9H,2-5,8,12H2,1H3,(H,14,15). The van der Waals surface area contributed by atoms with Crippen LogP contribution in [0, 0.1) is 5.92 Å². The minimum absolute atomic E-state index is 0.585. The van der Waals surface area contributed by atoms with E-state index in [2.05, 4.69) is 20.3 Å². The molecule has 0 saturated carbocycles. The fraction of sp³-hybridized carbons (Fsp3) is 0.636. The van der Waals surface area contributed by atoms with E-state index in [1.807, 2.05) is 7.05 Å². The van der Waals surface area contributed by atoms with Crippen LogP contribution in [0.1, 0.15) is 12.8 Å². The highest BCUT2D eigenvalue weighted by molar-refractivity contribution is 5.42. The second-order valence-corrected chi connectivity index (χ2v) is 4.34. The second-order valence-electron chi connectivity index (χ2n) is 4.34. The number of anilines is 2. The lowest BCUT2D eigenvalue weighted by molar-refractivity contribution is 0.0685. The van der Waals surface area contributed by atoms with Crippen molar-refractivity contribution in [2.75, 3.05) is 37.1 Å². The molecule has 6 nitrogen and oxygen atoms in total. The van der Waals surface area contributed by atoms with Crippen molar-refractivity contribution in [2.45, 2.75) is 12.8 Å². The molecule has 1 saturated heterocycles. The Morgan fingerprint density at radius 3 is 2.94 bits per heavy atom.